The third kappa shape index (κ3) is 5.34. The Kier molecular flexibility index (Phi) is 7.43. The van der Waals surface area contributed by atoms with Crippen LogP contribution in [-0.4, -0.2) is 54.7 Å². The summed E-state index contributed by atoms with van der Waals surface area (Å²) < 4.78 is 40.4. The molecule has 8 nitrogen and oxygen atoms in total. The molecular formula is C14H21ClN2O6S. The number of hydrogen-bond acceptors (Lipinski definition) is 6. The van der Waals surface area contributed by atoms with Gasteiger partial charge in [-0.1, -0.05) is 11.6 Å². The van der Waals surface area contributed by atoms with Gasteiger partial charge in [-0.05, 0) is 6.92 Å². The number of amides is 1. The van der Waals surface area contributed by atoms with Crippen LogP contribution in [0.25, 0.3) is 0 Å². The van der Waals surface area contributed by atoms with Crippen molar-refractivity contribution in [3.8, 4) is 11.5 Å². The first kappa shape index (κ1) is 20.2. The summed E-state index contributed by atoms with van der Waals surface area (Å²) in [5.41, 5.74) is 0.256. The number of alkyl carbamates (subject to hydrolysis) is 1. The zero-order valence-electron chi connectivity index (χ0n) is 14.0. The second-order valence-electron chi connectivity index (χ2n) is 4.64. The topological polar surface area (TPSA) is 94.2 Å². The van der Waals surface area contributed by atoms with Crippen LogP contribution in [0.4, 0.5) is 10.5 Å². The normalized spacial score (nSPS) is 10.9. The third-order valence-corrected chi connectivity index (χ3v) is 4.46. The highest BCUT2D eigenvalue weighted by Gasteiger charge is 2.23. The van der Waals surface area contributed by atoms with Crippen molar-refractivity contribution in [2.45, 2.75) is 6.92 Å². The van der Waals surface area contributed by atoms with Crippen molar-refractivity contribution in [3.63, 3.8) is 0 Å². The summed E-state index contributed by atoms with van der Waals surface area (Å²) in [7, 11) is -0.813. The van der Waals surface area contributed by atoms with E-state index in [0.717, 1.165) is 10.6 Å². The molecule has 0 spiro atoms. The van der Waals surface area contributed by atoms with Gasteiger partial charge in [0.05, 0.1) is 44.3 Å². The highest BCUT2D eigenvalue weighted by atomic mass is 35.5. The fourth-order valence-electron chi connectivity index (χ4n) is 1.95. The lowest BCUT2D eigenvalue weighted by atomic mass is 10.2. The lowest BCUT2D eigenvalue weighted by Gasteiger charge is -2.25. The maximum Gasteiger partial charge on any atom is 0.407 e. The number of benzene rings is 1. The Morgan fingerprint density at radius 3 is 2.38 bits per heavy atom. The molecule has 0 unspecified atom stereocenters. The van der Waals surface area contributed by atoms with E-state index in [0.29, 0.717) is 5.75 Å². The van der Waals surface area contributed by atoms with Crippen molar-refractivity contribution in [2.24, 2.45) is 0 Å². The van der Waals surface area contributed by atoms with E-state index in [9.17, 15) is 13.2 Å². The Labute approximate surface area is 146 Å². The molecule has 0 saturated carbocycles. The molecule has 0 aliphatic rings. The van der Waals surface area contributed by atoms with E-state index in [2.05, 4.69) is 5.32 Å². The first-order valence-electron chi connectivity index (χ1n) is 7.04. The van der Waals surface area contributed by atoms with E-state index >= 15 is 0 Å². The number of halogens is 1. The summed E-state index contributed by atoms with van der Waals surface area (Å²) in [6.07, 6.45) is 0.435. The first-order valence-corrected chi connectivity index (χ1v) is 9.27. The Bertz CT molecular complexity index is 680. The van der Waals surface area contributed by atoms with Crippen LogP contribution in [0.1, 0.15) is 6.92 Å². The third-order valence-electron chi connectivity index (χ3n) is 2.98. The molecule has 0 bridgehead atoms. The number of sulfonamides is 1. The standard InChI is InChI=1S/C14H21ClN2O6S/c1-5-23-14(18)16-6-7-17(24(4,19)20)11-9-12(21-2)10(15)8-13(11)22-3/h8-9H,5-7H2,1-4H3,(H,16,18). The van der Waals surface area contributed by atoms with E-state index in [1.54, 1.807) is 6.92 Å². The van der Waals surface area contributed by atoms with Crippen molar-refractivity contribution in [1.29, 1.82) is 0 Å². The quantitative estimate of drug-likeness (QED) is 0.739. The highest BCUT2D eigenvalue weighted by Crippen LogP contribution is 2.38. The van der Waals surface area contributed by atoms with Crippen molar-refractivity contribution in [1.82, 2.24) is 5.32 Å². The number of ether oxygens (including phenoxy) is 3. The number of nitrogens with zero attached hydrogens (tertiary/aromatic N) is 1. The molecule has 0 heterocycles. The fraction of sp³-hybridized carbons (Fsp3) is 0.500. The number of methoxy groups -OCH3 is 2. The van der Waals surface area contributed by atoms with Crippen molar-refractivity contribution < 1.29 is 27.4 Å². The monoisotopic (exact) mass is 380 g/mol. The van der Waals surface area contributed by atoms with Crippen LogP contribution in [0, 0.1) is 0 Å². The molecule has 0 aliphatic carbocycles. The molecule has 136 valence electrons. The van der Waals surface area contributed by atoms with Gasteiger partial charge in [0.1, 0.15) is 11.5 Å². The molecule has 0 radical (unpaired) electrons. The molecule has 0 saturated heterocycles. The number of nitrogens with one attached hydrogen (secondary N) is 1. The van der Waals surface area contributed by atoms with Crippen LogP contribution in [0.3, 0.4) is 0 Å². The van der Waals surface area contributed by atoms with E-state index in [1.807, 2.05) is 0 Å². The molecule has 1 N–H and O–H groups in total. The summed E-state index contributed by atoms with van der Waals surface area (Å²) in [6, 6.07) is 2.93. The minimum absolute atomic E-state index is 0.0151. The molecule has 24 heavy (non-hydrogen) atoms. The van der Waals surface area contributed by atoms with Gasteiger partial charge in [-0.25, -0.2) is 13.2 Å². The lowest BCUT2D eigenvalue weighted by Crippen LogP contribution is -2.38. The van der Waals surface area contributed by atoms with E-state index < -0.39 is 16.1 Å². The summed E-state index contributed by atoms with van der Waals surface area (Å²) in [5.74, 6) is 0.571. The summed E-state index contributed by atoms with van der Waals surface area (Å²) in [5, 5.41) is 2.76. The van der Waals surface area contributed by atoms with Crippen LogP contribution in [-0.2, 0) is 14.8 Å². The fourth-order valence-corrected chi connectivity index (χ4v) is 3.10. The number of hydrogen-bond donors (Lipinski definition) is 1. The summed E-state index contributed by atoms with van der Waals surface area (Å²) in [4.78, 5) is 11.3. The summed E-state index contributed by atoms with van der Waals surface area (Å²) >= 11 is 6.03. The molecule has 0 atom stereocenters. The van der Waals surface area contributed by atoms with Crippen LogP contribution in [0.2, 0.25) is 5.02 Å². The van der Waals surface area contributed by atoms with Crippen LogP contribution < -0.4 is 19.1 Å². The molecular weight excluding hydrogens is 360 g/mol. The molecule has 10 heteroatoms. The number of rotatable bonds is 8. The van der Waals surface area contributed by atoms with Gasteiger partial charge in [0.2, 0.25) is 10.0 Å². The smallest absolute Gasteiger partial charge is 0.407 e. The Morgan fingerprint density at radius 1 is 1.25 bits per heavy atom. The van der Waals surface area contributed by atoms with Crippen molar-refractivity contribution >= 4 is 33.4 Å². The van der Waals surface area contributed by atoms with E-state index in [1.165, 1.54) is 26.4 Å². The number of anilines is 1. The van der Waals surface area contributed by atoms with E-state index in [4.69, 9.17) is 25.8 Å². The van der Waals surface area contributed by atoms with Gasteiger partial charge in [-0.2, -0.15) is 0 Å². The Balaban J connectivity index is 3.11. The Hall–Kier alpha value is -1.87. The first-order chi connectivity index (χ1) is 11.2. The number of carbonyl (C=O) groups excluding carboxylic acids is 1. The van der Waals surface area contributed by atoms with Gasteiger partial charge in [0.15, 0.2) is 0 Å². The van der Waals surface area contributed by atoms with Crippen molar-refractivity contribution in [2.75, 3.05) is 44.5 Å². The maximum atomic E-state index is 12.1. The van der Waals surface area contributed by atoms with E-state index in [-0.39, 0.29) is 36.2 Å². The van der Waals surface area contributed by atoms with Crippen LogP contribution >= 0.6 is 11.6 Å². The zero-order valence-corrected chi connectivity index (χ0v) is 15.5. The van der Waals surface area contributed by atoms with Gasteiger partial charge in [0.25, 0.3) is 0 Å². The number of carbonyl (C=O) groups is 1. The second-order valence-corrected chi connectivity index (χ2v) is 6.95. The largest absolute Gasteiger partial charge is 0.495 e. The minimum atomic E-state index is -3.64. The molecule has 1 aromatic carbocycles. The zero-order chi connectivity index (χ0) is 18.3. The molecule has 0 fully saturated rings. The lowest BCUT2D eigenvalue weighted by molar-refractivity contribution is 0.152. The van der Waals surface area contributed by atoms with Gasteiger partial charge >= 0.3 is 6.09 Å². The van der Waals surface area contributed by atoms with Gasteiger partial charge in [-0.3, -0.25) is 4.31 Å². The molecule has 1 rings (SSSR count). The van der Waals surface area contributed by atoms with Gasteiger partial charge in [-0.15, -0.1) is 0 Å². The van der Waals surface area contributed by atoms with Crippen LogP contribution in [0.15, 0.2) is 12.1 Å². The average Bonchev–Trinajstić information content (AvgIpc) is 2.50. The summed E-state index contributed by atoms with van der Waals surface area (Å²) in [6.45, 7) is 1.94. The van der Waals surface area contributed by atoms with Gasteiger partial charge in [0, 0.05) is 18.7 Å². The minimum Gasteiger partial charge on any atom is -0.495 e. The van der Waals surface area contributed by atoms with Crippen molar-refractivity contribution in [3.05, 3.63) is 17.2 Å². The average molecular weight is 381 g/mol. The molecule has 1 amide bonds. The molecule has 1 aromatic rings. The van der Waals surface area contributed by atoms with Crippen LogP contribution in [0.5, 0.6) is 11.5 Å². The predicted octanol–water partition coefficient (Wildman–Crippen LogP) is 1.87. The SMILES string of the molecule is CCOC(=O)NCCN(c1cc(OC)c(Cl)cc1OC)S(C)(=O)=O. The molecule has 0 aliphatic heterocycles. The Morgan fingerprint density at radius 2 is 1.88 bits per heavy atom. The maximum absolute atomic E-state index is 12.1. The van der Waals surface area contributed by atoms with Gasteiger partial charge < -0.3 is 19.5 Å². The second kappa shape index (κ2) is 8.84. The predicted molar refractivity (Wildman–Crippen MR) is 91.8 cm³/mol. The highest BCUT2D eigenvalue weighted by molar-refractivity contribution is 7.92. The molecule has 0 aromatic heterocycles.